The minimum absolute atomic E-state index is 0.866. The van der Waals surface area contributed by atoms with Crippen LogP contribution in [0.2, 0.25) is 0 Å². The van der Waals surface area contributed by atoms with E-state index in [0.29, 0.717) is 0 Å². The molecule has 0 heteroatoms. The Labute approximate surface area is 131 Å². The van der Waals surface area contributed by atoms with E-state index in [1.165, 1.54) is 28.7 Å². The standard InChI is InChI=1S/C14H14.C7H16/c1-11-3-7-13(8-4-11)14-9-5-12(2)6-10-14;1-5-7(4)6(2)3/h3-10H,1-2H3;6-7H,5H2,1-4H3. The van der Waals surface area contributed by atoms with Gasteiger partial charge in [-0.3, -0.25) is 0 Å². The fourth-order valence-corrected chi connectivity index (χ4v) is 1.96. The average molecular weight is 282 g/mol. The Morgan fingerprint density at radius 2 is 1.00 bits per heavy atom. The maximum absolute atomic E-state index is 2.30. The molecule has 2 rings (SSSR count). The van der Waals surface area contributed by atoms with Crippen molar-refractivity contribution in [3.63, 3.8) is 0 Å². The van der Waals surface area contributed by atoms with E-state index in [1.807, 2.05) is 0 Å². The minimum atomic E-state index is 0.866. The van der Waals surface area contributed by atoms with Crippen molar-refractivity contribution in [2.45, 2.75) is 48.0 Å². The van der Waals surface area contributed by atoms with Crippen LogP contribution in [0.5, 0.6) is 0 Å². The second-order valence-electron chi connectivity index (χ2n) is 6.36. The summed E-state index contributed by atoms with van der Waals surface area (Å²) >= 11 is 0. The van der Waals surface area contributed by atoms with E-state index in [0.717, 1.165) is 11.8 Å². The molecule has 0 saturated heterocycles. The molecule has 0 N–H and O–H groups in total. The van der Waals surface area contributed by atoms with Crippen molar-refractivity contribution >= 4 is 0 Å². The molecule has 1 atom stereocenters. The van der Waals surface area contributed by atoms with E-state index in [-0.39, 0.29) is 0 Å². The molecule has 0 radical (unpaired) electrons. The minimum Gasteiger partial charge on any atom is -0.0651 e. The topological polar surface area (TPSA) is 0 Å². The maximum Gasteiger partial charge on any atom is -0.0184 e. The molecule has 114 valence electrons. The molecule has 2 aromatic rings. The summed E-state index contributed by atoms with van der Waals surface area (Å²) in [6, 6.07) is 17.3. The molecule has 21 heavy (non-hydrogen) atoms. The zero-order chi connectivity index (χ0) is 15.8. The molecule has 0 aliphatic rings. The van der Waals surface area contributed by atoms with E-state index in [2.05, 4.69) is 90.1 Å². The molecule has 0 spiro atoms. The van der Waals surface area contributed by atoms with Gasteiger partial charge in [-0.25, -0.2) is 0 Å². The summed E-state index contributed by atoms with van der Waals surface area (Å²) in [6.07, 6.45) is 1.32. The maximum atomic E-state index is 2.30. The molecule has 0 fully saturated rings. The van der Waals surface area contributed by atoms with Crippen LogP contribution in [0.25, 0.3) is 11.1 Å². The Morgan fingerprint density at radius 1 is 0.667 bits per heavy atom. The Hall–Kier alpha value is -1.56. The summed E-state index contributed by atoms with van der Waals surface area (Å²) in [4.78, 5) is 0. The quantitative estimate of drug-likeness (QED) is 0.590. The fraction of sp³-hybridized carbons (Fsp3) is 0.429. The van der Waals surface area contributed by atoms with Gasteiger partial charge in [-0.15, -0.1) is 0 Å². The SMILES string of the molecule is CCC(C)C(C)C.Cc1ccc(-c2ccc(C)cc2)cc1. The largest absolute Gasteiger partial charge is 0.0651 e. The molecule has 0 aromatic heterocycles. The van der Waals surface area contributed by atoms with Crippen LogP contribution < -0.4 is 0 Å². The number of hydrogen-bond donors (Lipinski definition) is 0. The van der Waals surface area contributed by atoms with Crippen molar-refractivity contribution in [1.29, 1.82) is 0 Å². The highest BCUT2D eigenvalue weighted by molar-refractivity contribution is 5.63. The van der Waals surface area contributed by atoms with Crippen LogP contribution in [-0.4, -0.2) is 0 Å². The molecule has 0 aliphatic carbocycles. The summed E-state index contributed by atoms with van der Waals surface area (Å²) in [6.45, 7) is 13.3. The molecular formula is C21H30. The van der Waals surface area contributed by atoms with Gasteiger partial charge in [0.15, 0.2) is 0 Å². The van der Waals surface area contributed by atoms with Crippen LogP contribution >= 0.6 is 0 Å². The van der Waals surface area contributed by atoms with Crippen LogP contribution in [0.3, 0.4) is 0 Å². The highest BCUT2D eigenvalue weighted by atomic mass is 14.1. The summed E-state index contributed by atoms with van der Waals surface area (Å²) in [5.74, 6) is 1.77. The van der Waals surface area contributed by atoms with Crippen molar-refractivity contribution < 1.29 is 0 Å². The number of aryl methyl sites for hydroxylation is 2. The van der Waals surface area contributed by atoms with Crippen molar-refractivity contribution in [2.75, 3.05) is 0 Å². The number of hydrogen-bond acceptors (Lipinski definition) is 0. The van der Waals surface area contributed by atoms with Crippen molar-refractivity contribution in [1.82, 2.24) is 0 Å². The predicted molar refractivity (Wildman–Crippen MR) is 95.6 cm³/mol. The molecule has 0 amide bonds. The van der Waals surface area contributed by atoms with Crippen molar-refractivity contribution in [3.8, 4) is 11.1 Å². The first kappa shape index (κ1) is 17.5. The highest BCUT2D eigenvalue weighted by Gasteiger charge is 2.01. The predicted octanol–water partition coefficient (Wildman–Crippen LogP) is 6.66. The molecule has 0 aliphatic heterocycles. The first-order valence-corrected chi connectivity index (χ1v) is 8.07. The van der Waals surface area contributed by atoms with Gasteiger partial charge in [0.1, 0.15) is 0 Å². The Bertz CT molecular complexity index is 459. The van der Waals surface area contributed by atoms with Crippen LogP contribution in [0.15, 0.2) is 48.5 Å². The lowest BCUT2D eigenvalue weighted by molar-refractivity contribution is 0.407. The molecule has 0 nitrogen and oxygen atoms in total. The van der Waals surface area contributed by atoms with Gasteiger partial charge in [0, 0.05) is 0 Å². The van der Waals surface area contributed by atoms with E-state index in [4.69, 9.17) is 0 Å². The third kappa shape index (κ3) is 6.16. The highest BCUT2D eigenvalue weighted by Crippen LogP contribution is 2.19. The van der Waals surface area contributed by atoms with Crippen molar-refractivity contribution in [2.24, 2.45) is 11.8 Å². The Morgan fingerprint density at radius 3 is 1.19 bits per heavy atom. The summed E-state index contributed by atoms with van der Waals surface area (Å²) in [5.41, 5.74) is 5.19. The van der Waals surface area contributed by atoms with E-state index in [1.54, 1.807) is 0 Å². The molecule has 0 bridgehead atoms. The third-order valence-corrected chi connectivity index (χ3v) is 4.22. The number of benzene rings is 2. The first-order chi connectivity index (χ1) is 9.93. The first-order valence-electron chi connectivity index (χ1n) is 8.07. The van der Waals surface area contributed by atoms with Gasteiger partial charge < -0.3 is 0 Å². The van der Waals surface area contributed by atoms with Crippen molar-refractivity contribution in [3.05, 3.63) is 59.7 Å². The van der Waals surface area contributed by atoms with Gasteiger partial charge in [-0.1, -0.05) is 93.8 Å². The Balaban J connectivity index is 0.000000270. The lowest BCUT2D eigenvalue weighted by Crippen LogP contribution is -2.00. The average Bonchev–Trinajstić information content (AvgIpc) is 2.48. The van der Waals surface area contributed by atoms with Gasteiger partial charge in [0.2, 0.25) is 0 Å². The lowest BCUT2D eigenvalue weighted by Gasteiger charge is -2.10. The zero-order valence-corrected chi connectivity index (χ0v) is 14.5. The Kier molecular flexibility index (Phi) is 7.22. The van der Waals surface area contributed by atoms with E-state index >= 15 is 0 Å². The van der Waals surface area contributed by atoms with Gasteiger partial charge >= 0.3 is 0 Å². The summed E-state index contributed by atoms with van der Waals surface area (Å²) in [7, 11) is 0. The molecule has 1 unspecified atom stereocenters. The molecule has 2 aromatic carbocycles. The monoisotopic (exact) mass is 282 g/mol. The second kappa shape index (κ2) is 8.67. The van der Waals surface area contributed by atoms with E-state index in [9.17, 15) is 0 Å². The van der Waals surface area contributed by atoms with Gasteiger partial charge in [0.25, 0.3) is 0 Å². The zero-order valence-electron chi connectivity index (χ0n) is 14.5. The normalized spacial score (nSPS) is 11.8. The molecular weight excluding hydrogens is 252 g/mol. The lowest BCUT2D eigenvalue weighted by atomic mass is 9.96. The summed E-state index contributed by atoms with van der Waals surface area (Å²) in [5, 5.41) is 0. The fourth-order valence-electron chi connectivity index (χ4n) is 1.96. The third-order valence-electron chi connectivity index (χ3n) is 4.22. The van der Waals surface area contributed by atoms with Gasteiger partial charge in [-0.05, 0) is 36.8 Å². The summed E-state index contributed by atoms with van der Waals surface area (Å²) < 4.78 is 0. The smallest absolute Gasteiger partial charge is 0.0184 e. The van der Waals surface area contributed by atoms with Crippen LogP contribution in [0, 0.1) is 25.7 Å². The van der Waals surface area contributed by atoms with Gasteiger partial charge in [-0.2, -0.15) is 0 Å². The number of rotatable bonds is 3. The van der Waals surface area contributed by atoms with Crippen LogP contribution in [-0.2, 0) is 0 Å². The van der Waals surface area contributed by atoms with Crippen LogP contribution in [0.4, 0.5) is 0 Å². The molecule has 0 heterocycles. The van der Waals surface area contributed by atoms with Crippen LogP contribution in [0.1, 0.15) is 45.2 Å². The van der Waals surface area contributed by atoms with E-state index < -0.39 is 0 Å². The van der Waals surface area contributed by atoms with Gasteiger partial charge in [0.05, 0.1) is 0 Å². The molecule has 0 saturated carbocycles. The second-order valence-corrected chi connectivity index (χ2v) is 6.36.